The van der Waals surface area contributed by atoms with E-state index in [-0.39, 0.29) is 35.7 Å². The van der Waals surface area contributed by atoms with Crippen molar-refractivity contribution in [3.8, 4) is 0 Å². The van der Waals surface area contributed by atoms with Gasteiger partial charge in [-0.25, -0.2) is 4.39 Å². The van der Waals surface area contributed by atoms with Crippen LogP contribution in [-0.4, -0.2) is 23.0 Å². The first-order valence-corrected chi connectivity index (χ1v) is 7.47. The summed E-state index contributed by atoms with van der Waals surface area (Å²) in [7, 11) is 0. The second-order valence-corrected chi connectivity index (χ2v) is 5.80. The fourth-order valence-corrected chi connectivity index (χ4v) is 3.23. The molecule has 0 saturated heterocycles. The molecule has 1 aromatic carbocycles. The number of rotatable bonds is 6. The average Bonchev–Trinajstić information content (AvgIpc) is 2.34. The molecule has 0 aliphatic heterocycles. The second kappa shape index (κ2) is 7.04. The van der Waals surface area contributed by atoms with Gasteiger partial charge in [0, 0.05) is 22.9 Å². The van der Waals surface area contributed by atoms with Gasteiger partial charge in [0.05, 0.1) is 0 Å². The van der Waals surface area contributed by atoms with Crippen molar-refractivity contribution in [3.63, 3.8) is 0 Å². The summed E-state index contributed by atoms with van der Waals surface area (Å²) in [6, 6.07) is 5.66. The largest absolute Gasteiger partial charge is 0.441 e. The molecule has 0 aromatic heterocycles. The third-order valence-corrected chi connectivity index (χ3v) is 4.55. The van der Waals surface area contributed by atoms with Gasteiger partial charge in [-0.15, -0.1) is 23.2 Å². The van der Waals surface area contributed by atoms with E-state index in [0.717, 1.165) is 0 Å². The highest BCUT2D eigenvalue weighted by Gasteiger charge is 2.34. The zero-order valence-electron chi connectivity index (χ0n) is 9.81. The monoisotopic (exact) mass is 334 g/mol. The topological polar surface area (TPSA) is 0 Å². The quantitative estimate of drug-likeness (QED) is 0.510. The standard InChI is InChI=1S/C12H12Cl2F4S/c13-7-11(8-14,4-5-19-12(16,17)18)9-2-1-3-10(15)6-9/h1-3,6H,4-5,7-8H2. The van der Waals surface area contributed by atoms with E-state index in [1.165, 1.54) is 18.2 Å². The molecule has 0 unspecified atom stereocenters. The fourth-order valence-electron chi connectivity index (χ4n) is 1.65. The van der Waals surface area contributed by atoms with Gasteiger partial charge in [0.1, 0.15) is 5.82 Å². The third-order valence-electron chi connectivity index (χ3n) is 2.79. The number of alkyl halides is 5. The summed E-state index contributed by atoms with van der Waals surface area (Å²) in [5, 5.41) is 0. The summed E-state index contributed by atoms with van der Waals surface area (Å²) in [5.41, 5.74) is -4.60. The number of halogens is 6. The number of hydrogen-bond donors (Lipinski definition) is 0. The Bertz CT molecular complexity index is 405. The molecular weight excluding hydrogens is 323 g/mol. The van der Waals surface area contributed by atoms with Crippen LogP contribution in [0.4, 0.5) is 17.6 Å². The summed E-state index contributed by atoms with van der Waals surface area (Å²) in [6.07, 6.45) is 0.133. The van der Waals surface area contributed by atoms with Crippen LogP contribution >= 0.6 is 35.0 Å². The minimum atomic E-state index is -4.29. The van der Waals surface area contributed by atoms with E-state index in [9.17, 15) is 17.6 Å². The lowest BCUT2D eigenvalue weighted by Crippen LogP contribution is -2.32. The lowest BCUT2D eigenvalue weighted by Gasteiger charge is -2.30. The maximum atomic E-state index is 13.2. The minimum Gasteiger partial charge on any atom is -0.207 e. The molecule has 1 rings (SSSR count). The van der Waals surface area contributed by atoms with Crippen LogP contribution < -0.4 is 0 Å². The summed E-state index contributed by atoms with van der Waals surface area (Å²) >= 11 is 11.6. The molecule has 0 N–H and O–H groups in total. The van der Waals surface area contributed by atoms with Crippen LogP contribution in [-0.2, 0) is 5.41 Å². The molecule has 19 heavy (non-hydrogen) atoms. The average molecular weight is 335 g/mol. The number of benzene rings is 1. The molecule has 0 amide bonds. The summed E-state index contributed by atoms with van der Waals surface area (Å²) in [5.74, 6) is -0.545. The predicted octanol–water partition coefficient (Wildman–Crippen LogP) is 5.18. The lowest BCUT2D eigenvalue weighted by atomic mass is 9.81. The highest BCUT2D eigenvalue weighted by atomic mass is 35.5. The van der Waals surface area contributed by atoms with Gasteiger partial charge >= 0.3 is 5.51 Å². The lowest BCUT2D eigenvalue weighted by molar-refractivity contribution is -0.0328. The maximum Gasteiger partial charge on any atom is 0.441 e. The molecule has 0 nitrogen and oxygen atoms in total. The van der Waals surface area contributed by atoms with Crippen molar-refractivity contribution in [2.75, 3.05) is 17.5 Å². The van der Waals surface area contributed by atoms with Gasteiger partial charge in [0.2, 0.25) is 0 Å². The van der Waals surface area contributed by atoms with Crippen molar-refractivity contribution in [1.82, 2.24) is 0 Å². The van der Waals surface area contributed by atoms with Gasteiger partial charge in [-0.2, -0.15) is 13.2 Å². The van der Waals surface area contributed by atoms with Crippen LogP contribution in [0.3, 0.4) is 0 Å². The molecule has 1 aromatic rings. The molecule has 0 saturated carbocycles. The zero-order chi connectivity index (χ0) is 14.5. The Hall–Kier alpha value is -0.130. The molecular formula is C12H12Cl2F4S. The fraction of sp³-hybridized carbons (Fsp3) is 0.500. The Morgan fingerprint density at radius 2 is 1.74 bits per heavy atom. The van der Waals surface area contributed by atoms with Gasteiger partial charge < -0.3 is 0 Å². The molecule has 0 atom stereocenters. The first-order chi connectivity index (χ1) is 8.83. The normalized spacial score (nSPS) is 12.7. The molecule has 0 heterocycles. The van der Waals surface area contributed by atoms with Crippen molar-refractivity contribution in [3.05, 3.63) is 35.6 Å². The second-order valence-electron chi connectivity index (χ2n) is 4.10. The van der Waals surface area contributed by atoms with Crippen molar-refractivity contribution < 1.29 is 17.6 Å². The molecule has 108 valence electrons. The van der Waals surface area contributed by atoms with Crippen LogP contribution in [0.1, 0.15) is 12.0 Å². The van der Waals surface area contributed by atoms with Crippen molar-refractivity contribution in [1.29, 1.82) is 0 Å². The van der Waals surface area contributed by atoms with E-state index in [1.807, 2.05) is 0 Å². The zero-order valence-corrected chi connectivity index (χ0v) is 12.1. The van der Waals surface area contributed by atoms with Crippen molar-refractivity contribution in [2.24, 2.45) is 0 Å². The molecule has 0 aliphatic rings. The van der Waals surface area contributed by atoms with Crippen molar-refractivity contribution >= 4 is 35.0 Å². The third kappa shape index (κ3) is 5.04. The van der Waals surface area contributed by atoms with E-state index in [1.54, 1.807) is 6.07 Å². The van der Waals surface area contributed by atoms with Crippen LogP contribution in [0.25, 0.3) is 0 Å². The van der Waals surface area contributed by atoms with Crippen LogP contribution in [0.2, 0.25) is 0 Å². The van der Waals surface area contributed by atoms with Gasteiger partial charge in [0.15, 0.2) is 0 Å². The highest BCUT2D eigenvalue weighted by Crippen LogP contribution is 2.37. The molecule has 0 bridgehead atoms. The molecule has 0 fully saturated rings. The van der Waals surface area contributed by atoms with E-state index in [4.69, 9.17) is 23.2 Å². The molecule has 0 radical (unpaired) electrons. The van der Waals surface area contributed by atoms with E-state index < -0.39 is 16.7 Å². The maximum absolute atomic E-state index is 13.2. The van der Waals surface area contributed by atoms with Crippen LogP contribution in [0.15, 0.2) is 24.3 Å². The van der Waals surface area contributed by atoms with E-state index in [2.05, 4.69) is 0 Å². The van der Waals surface area contributed by atoms with Gasteiger partial charge in [-0.3, -0.25) is 0 Å². The van der Waals surface area contributed by atoms with Gasteiger partial charge in [0.25, 0.3) is 0 Å². The van der Waals surface area contributed by atoms with Crippen LogP contribution in [0.5, 0.6) is 0 Å². The van der Waals surface area contributed by atoms with Gasteiger partial charge in [-0.1, -0.05) is 23.9 Å². The predicted molar refractivity (Wildman–Crippen MR) is 72.6 cm³/mol. The Morgan fingerprint density at radius 3 is 2.21 bits per heavy atom. The minimum absolute atomic E-state index is 0.0401. The smallest absolute Gasteiger partial charge is 0.207 e. The van der Waals surface area contributed by atoms with Crippen molar-refractivity contribution in [2.45, 2.75) is 17.3 Å². The Balaban J connectivity index is 2.85. The summed E-state index contributed by atoms with van der Waals surface area (Å²) < 4.78 is 49.6. The van der Waals surface area contributed by atoms with Gasteiger partial charge in [-0.05, 0) is 24.1 Å². The summed E-state index contributed by atoms with van der Waals surface area (Å²) in [4.78, 5) is 0. The Kier molecular flexibility index (Phi) is 6.27. The Morgan fingerprint density at radius 1 is 1.11 bits per heavy atom. The number of hydrogen-bond acceptors (Lipinski definition) is 1. The SMILES string of the molecule is Fc1cccc(C(CCl)(CCl)CCSC(F)(F)F)c1. The van der Waals surface area contributed by atoms with E-state index >= 15 is 0 Å². The number of thioether (sulfide) groups is 1. The van der Waals surface area contributed by atoms with Crippen LogP contribution in [0, 0.1) is 5.82 Å². The molecule has 7 heteroatoms. The highest BCUT2D eigenvalue weighted by molar-refractivity contribution is 8.00. The molecule has 0 aliphatic carbocycles. The molecule has 0 spiro atoms. The first-order valence-electron chi connectivity index (χ1n) is 5.42. The summed E-state index contributed by atoms with van der Waals surface area (Å²) in [6.45, 7) is 0. The van der Waals surface area contributed by atoms with E-state index in [0.29, 0.717) is 5.56 Å². The first kappa shape index (κ1) is 16.9. The Labute approximate surface area is 123 Å².